The maximum Gasteiger partial charge on any atom is 0.257 e. The van der Waals surface area contributed by atoms with Crippen LogP contribution in [-0.4, -0.2) is 92.2 Å². The van der Waals surface area contributed by atoms with Gasteiger partial charge in [-0.3, -0.25) is 19.4 Å². The molecular weight excluding hydrogens is 464 g/mol. The Labute approximate surface area is 211 Å². The average Bonchev–Trinajstić information content (AvgIpc) is 2.88. The highest BCUT2D eigenvalue weighted by Gasteiger charge is 2.30. The second-order valence-corrected chi connectivity index (χ2v) is 8.98. The van der Waals surface area contributed by atoms with Gasteiger partial charge in [-0.05, 0) is 31.2 Å². The van der Waals surface area contributed by atoms with Crippen molar-refractivity contribution in [3.63, 3.8) is 0 Å². The molecule has 1 aromatic heterocycles. The minimum atomic E-state index is -0.325. The Balaban J connectivity index is 1.97. The molecule has 0 spiro atoms. The molecule has 1 N–H and O–H groups in total. The lowest BCUT2D eigenvalue weighted by atomic mass is 10.0. The first kappa shape index (κ1) is 27.1. The number of rotatable bonds is 5. The van der Waals surface area contributed by atoms with E-state index in [2.05, 4.69) is 10.3 Å². The molecular formula is C26H34N4O6. The highest BCUT2D eigenvalue weighted by atomic mass is 16.5. The number of benzene rings is 1. The molecule has 10 heteroatoms. The van der Waals surface area contributed by atoms with E-state index in [0.717, 1.165) is 0 Å². The first-order chi connectivity index (χ1) is 17.2. The Bertz CT molecular complexity index is 1060. The van der Waals surface area contributed by atoms with E-state index in [0.29, 0.717) is 35.7 Å². The standard InChI is InChI=1S/C26H34N4O6/c1-17-13-30(25(32)19-8-10-27-11-9-19)18(2)15-36-22-12-20(28-24(31)16-34-4)6-7-21(22)26(33)29(3)14-23(17)35-5/h6-12,17-18,23H,13-16H2,1-5H3,(H,28,31)/t17-,18-,23-/m1/s1. The van der Waals surface area contributed by atoms with Gasteiger partial charge in [0.25, 0.3) is 11.8 Å². The van der Waals surface area contributed by atoms with Crippen molar-refractivity contribution in [2.24, 2.45) is 5.92 Å². The minimum absolute atomic E-state index is 0.0595. The SMILES string of the molecule is COCC(=O)Nc1ccc2c(c1)OC[C@@H](C)N(C(=O)c1ccncc1)C[C@@H](C)[C@H](OC)CN(C)C2=O. The van der Waals surface area contributed by atoms with Gasteiger partial charge in [-0.15, -0.1) is 0 Å². The smallest absolute Gasteiger partial charge is 0.257 e. The average molecular weight is 499 g/mol. The fraction of sp³-hybridized carbons (Fsp3) is 0.462. The van der Waals surface area contributed by atoms with Gasteiger partial charge in [-0.1, -0.05) is 6.92 Å². The van der Waals surface area contributed by atoms with Crippen molar-refractivity contribution in [1.82, 2.24) is 14.8 Å². The van der Waals surface area contributed by atoms with Crippen molar-refractivity contribution in [3.8, 4) is 5.75 Å². The molecule has 2 heterocycles. The van der Waals surface area contributed by atoms with Crippen LogP contribution in [0.2, 0.25) is 0 Å². The number of anilines is 1. The van der Waals surface area contributed by atoms with Crippen LogP contribution >= 0.6 is 0 Å². The van der Waals surface area contributed by atoms with Gasteiger partial charge in [0.15, 0.2) is 0 Å². The number of carbonyl (C=O) groups excluding carboxylic acids is 3. The van der Waals surface area contributed by atoms with Gasteiger partial charge in [0.2, 0.25) is 5.91 Å². The van der Waals surface area contributed by atoms with E-state index >= 15 is 0 Å². The zero-order valence-electron chi connectivity index (χ0n) is 21.4. The molecule has 0 bridgehead atoms. The summed E-state index contributed by atoms with van der Waals surface area (Å²) in [5, 5.41) is 2.73. The van der Waals surface area contributed by atoms with Crippen molar-refractivity contribution in [1.29, 1.82) is 0 Å². The summed E-state index contributed by atoms with van der Waals surface area (Å²) in [6.45, 7) is 4.68. The van der Waals surface area contributed by atoms with E-state index in [4.69, 9.17) is 14.2 Å². The topological polar surface area (TPSA) is 110 Å². The van der Waals surface area contributed by atoms with Gasteiger partial charge in [0.05, 0.1) is 17.7 Å². The number of hydrogen-bond donors (Lipinski definition) is 1. The molecule has 0 saturated heterocycles. The van der Waals surface area contributed by atoms with E-state index in [1.165, 1.54) is 7.11 Å². The van der Waals surface area contributed by atoms with E-state index in [-0.39, 0.29) is 49.0 Å². The predicted octanol–water partition coefficient (Wildman–Crippen LogP) is 2.31. The fourth-order valence-corrected chi connectivity index (χ4v) is 4.12. The molecule has 0 fully saturated rings. The molecule has 3 rings (SSSR count). The number of carbonyl (C=O) groups is 3. The zero-order chi connectivity index (χ0) is 26.2. The van der Waals surface area contributed by atoms with Gasteiger partial charge in [-0.2, -0.15) is 0 Å². The Morgan fingerprint density at radius 1 is 1.14 bits per heavy atom. The summed E-state index contributed by atoms with van der Waals surface area (Å²) in [6, 6.07) is 7.92. The Morgan fingerprint density at radius 3 is 2.53 bits per heavy atom. The highest BCUT2D eigenvalue weighted by molar-refractivity contribution is 5.98. The van der Waals surface area contributed by atoms with Gasteiger partial charge in [0.1, 0.15) is 19.0 Å². The predicted molar refractivity (Wildman–Crippen MR) is 134 cm³/mol. The summed E-state index contributed by atoms with van der Waals surface area (Å²) in [5.74, 6) is -0.443. The second-order valence-electron chi connectivity index (χ2n) is 8.98. The lowest BCUT2D eigenvalue weighted by Crippen LogP contribution is -2.48. The van der Waals surface area contributed by atoms with Gasteiger partial charge in [-0.25, -0.2) is 0 Å². The largest absolute Gasteiger partial charge is 0.491 e. The molecule has 0 aliphatic carbocycles. The third kappa shape index (κ3) is 6.58. The monoisotopic (exact) mass is 498 g/mol. The van der Waals surface area contributed by atoms with Crippen molar-refractivity contribution in [2.45, 2.75) is 26.0 Å². The van der Waals surface area contributed by atoms with Crippen molar-refractivity contribution in [2.75, 3.05) is 52.9 Å². The van der Waals surface area contributed by atoms with Crippen LogP contribution < -0.4 is 10.1 Å². The van der Waals surface area contributed by atoms with Crippen LogP contribution in [0.3, 0.4) is 0 Å². The first-order valence-corrected chi connectivity index (χ1v) is 11.8. The molecule has 2 aromatic rings. The van der Waals surface area contributed by atoms with E-state index in [1.807, 2.05) is 13.8 Å². The summed E-state index contributed by atoms with van der Waals surface area (Å²) in [4.78, 5) is 46.1. The Kier molecular flexibility index (Phi) is 9.38. The Hall–Kier alpha value is -3.50. The Morgan fingerprint density at radius 2 is 1.86 bits per heavy atom. The summed E-state index contributed by atoms with van der Waals surface area (Å²) in [6.07, 6.45) is 2.88. The summed E-state index contributed by atoms with van der Waals surface area (Å²) >= 11 is 0. The number of amides is 3. The fourth-order valence-electron chi connectivity index (χ4n) is 4.12. The van der Waals surface area contributed by atoms with Crippen LogP contribution in [0.15, 0.2) is 42.7 Å². The molecule has 3 amide bonds. The number of ether oxygens (including phenoxy) is 3. The molecule has 1 aromatic carbocycles. The molecule has 36 heavy (non-hydrogen) atoms. The van der Waals surface area contributed by atoms with Gasteiger partial charge < -0.3 is 29.3 Å². The van der Waals surface area contributed by atoms with Crippen LogP contribution in [0.5, 0.6) is 5.75 Å². The van der Waals surface area contributed by atoms with Gasteiger partial charge >= 0.3 is 0 Å². The maximum absolute atomic E-state index is 13.4. The number of methoxy groups -OCH3 is 2. The molecule has 3 atom stereocenters. The molecule has 10 nitrogen and oxygen atoms in total. The number of aromatic nitrogens is 1. The lowest BCUT2D eigenvalue weighted by molar-refractivity contribution is -0.119. The summed E-state index contributed by atoms with van der Waals surface area (Å²) in [5.41, 5.74) is 1.35. The molecule has 1 aliphatic rings. The maximum atomic E-state index is 13.4. The summed E-state index contributed by atoms with van der Waals surface area (Å²) < 4.78 is 16.7. The number of fused-ring (bicyclic) bond motifs is 1. The molecule has 0 unspecified atom stereocenters. The second kappa shape index (κ2) is 12.5. The van der Waals surface area contributed by atoms with Crippen LogP contribution in [-0.2, 0) is 14.3 Å². The lowest BCUT2D eigenvalue weighted by Gasteiger charge is -2.36. The van der Waals surface area contributed by atoms with Crippen LogP contribution in [0.4, 0.5) is 5.69 Å². The molecule has 1 aliphatic heterocycles. The van der Waals surface area contributed by atoms with E-state index in [9.17, 15) is 14.4 Å². The number of hydrogen-bond acceptors (Lipinski definition) is 7. The quantitative estimate of drug-likeness (QED) is 0.674. The van der Waals surface area contributed by atoms with Crippen LogP contribution in [0, 0.1) is 5.92 Å². The van der Waals surface area contributed by atoms with Crippen LogP contribution in [0.1, 0.15) is 34.6 Å². The van der Waals surface area contributed by atoms with Crippen molar-refractivity contribution in [3.05, 3.63) is 53.9 Å². The first-order valence-electron chi connectivity index (χ1n) is 11.8. The van der Waals surface area contributed by atoms with Crippen LogP contribution in [0.25, 0.3) is 0 Å². The molecule has 194 valence electrons. The van der Waals surface area contributed by atoms with E-state index < -0.39 is 0 Å². The van der Waals surface area contributed by atoms with E-state index in [1.54, 1.807) is 66.7 Å². The number of nitrogens with one attached hydrogen (secondary N) is 1. The third-order valence-corrected chi connectivity index (χ3v) is 6.19. The third-order valence-electron chi connectivity index (χ3n) is 6.19. The number of nitrogens with zero attached hydrogens (tertiary/aromatic N) is 3. The molecule has 0 saturated carbocycles. The van der Waals surface area contributed by atoms with Crippen molar-refractivity contribution >= 4 is 23.4 Å². The number of pyridine rings is 1. The highest BCUT2D eigenvalue weighted by Crippen LogP contribution is 2.27. The zero-order valence-corrected chi connectivity index (χ0v) is 21.4. The summed E-state index contributed by atoms with van der Waals surface area (Å²) in [7, 11) is 4.74. The normalized spacial score (nSPS) is 21.0. The minimum Gasteiger partial charge on any atom is -0.491 e. The number of likely N-dealkylation sites (N-methyl/N-ethyl adjacent to an activating group) is 1. The van der Waals surface area contributed by atoms with Crippen molar-refractivity contribution < 1.29 is 28.6 Å². The molecule has 0 radical (unpaired) electrons. The van der Waals surface area contributed by atoms with Gasteiger partial charge in [0, 0.05) is 70.0 Å².